The highest BCUT2D eigenvalue weighted by Gasteiger charge is 2.29. The number of thiophene rings is 1. The zero-order valence-corrected chi connectivity index (χ0v) is 37.6. The molecule has 5 aromatic heterocycles. The molecule has 318 valence electrons. The van der Waals surface area contributed by atoms with Crippen molar-refractivity contribution >= 4 is 119 Å². The molecule has 0 amide bonds. The number of aromatic nitrogens is 3. The van der Waals surface area contributed by atoms with Gasteiger partial charge in [0.15, 0.2) is 5.82 Å². The second-order valence-electron chi connectivity index (χ2n) is 17.8. The van der Waals surface area contributed by atoms with Gasteiger partial charge in [0.2, 0.25) is 0 Å². The summed E-state index contributed by atoms with van der Waals surface area (Å²) in [6.07, 6.45) is 0.654. The largest absolute Gasteiger partial charge is 0.456 e. The van der Waals surface area contributed by atoms with Crippen LogP contribution in [0.2, 0.25) is 0 Å². The quantitative estimate of drug-likeness (QED) is 0.173. The molecule has 0 radical (unpaired) electrons. The fourth-order valence-electron chi connectivity index (χ4n) is 11.2. The maximum Gasteiger partial charge on any atom is 0.161 e. The van der Waals surface area contributed by atoms with Crippen LogP contribution in [0.15, 0.2) is 203 Å². The van der Waals surface area contributed by atoms with Gasteiger partial charge in [-0.2, -0.15) is 0 Å². The smallest absolute Gasteiger partial charge is 0.161 e. The van der Waals surface area contributed by atoms with Gasteiger partial charge in [0.25, 0.3) is 0 Å². The lowest BCUT2D eigenvalue weighted by atomic mass is 9.93. The van der Waals surface area contributed by atoms with Crippen LogP contribution in [0.1, 0.15) is 12.5 Å². The fraction of sp³-hybridized carbons (Fsp3) is 0.0323. The Morgan fingerprint density at radius 3 is 1.96 bits per heavy atom. The number of rotatable bonds is 5. The average molecular weight is 888 g/mol. The molecule has 0 bridgehead atoms. The van der Waals surface area contributed by atoms with E-state index < -0.39 is 0 Å². The van der Waals surface area contributed by atoms with Crippen molar-refractivity contribution in [1.82, 2.24) is 14.5 Å². The maximum absolute atomic E-state index is 7.18. The van der Waals surface area contributed by atoms with Gasteiger partial charge in [-0.15, -0.1) is 11.3 Å². The average Bonchev–Trinajstić information content (AvgIpc) is 4.16. The van der Waals surface area contributed by atoms with Gasteiger partial charge in [-0.25, -0.2) is 9.97 Å². The molecule has 0 fully saturated rings. The van der Waals surface area contributed by atoms with Crippen LogP contribution in [-0.2, 0) is 6.42 Å². The first-order valence-electron chi connectivity index (χ1n) is 23.2. The highest BCUT2D eigenvalue weighted by Crippen LogP contribution is 2.48. The molecule has 0 aliphatic heterocycles. The van der Waals surface area contributed by atoms with E-state index in [1.165, 1.54) is 47.1 Å². The van der Waals surface area contributed by atoms with Gasteiger partial charge in [-0.05, 0) is 88.6 Å². The molecule has 15 rings (SSSR count). The fourth-order valence-corrected chi connectivity index (χ4v) is 12.4. The molecule has 10 aromatic carbocycles. The summed E-state index contributed by atoms with van der Waals surface area (Å²) >= 11 is 1.81. The maximum atomic E-state index is 7.18. The van der Waals surface area contributed by atoms with Crippen molar-refractivity contribution in [3.05, 3.63) is 200 Å². The molecule has 0 spiro atoms. The number of para-hydroxylation sites is 2. The summed E-state index contributed by atoms with van der Waals surface area (Å²) in [4.78, 5) is 11.6. The van der Waals surface area contributed by atoms with Crippen molar-refractivity contribution in [1.29, 1.82) is 0 Å². The summed E-state index contributed by atoms with van der Waals surface area (Å²) < 4.78 is 18.6. The van der Waals surface area contributed by atoms with E-state index in [-0.39, 0.29) is 0 Å². The first kappa shape index (κ1) is 37.6. The van der Waals surface area contributed by atoms with Crippen LogP contribution < -0.4 is 0 Å². The molecule has 0 aliphatic rings. The molecule has 5 heterocycles. The van der Waals surface area contributed by atoms with E-state index in [0.29, 0.717) is 12.2 Å². The Morgan fingerprint density at radius 2 is 1.10 bits per heavy atom. The van der Waals surface area contributed by atoms with Gasteiger partial charge in [-0.3, -0.25) is 0 Å². The molecule has 0 N–H and O–H groups in total. The first-order chi connectivity index (χ1) is 33.7. The van der Waals surface area contributed by atoms with E-state index in [0.717, 1.165) is 99.6 Å². The van der Waals surface area contributed by atoms with Crippen molar-refractivity contribution in [3.8, 4) is 39.6 Å². The minimum Gasteiger partial charge on any atom is -0.456 e. The topological polar surface area (TPSA) is 57.0 Å². The molecular formula is C62H37N3O2S. The number of nitrogens with zero attached hydrogens (tertiary/aromatic N) is 3. The summed E-state index contributed by atoms with van der Waals surface area (Å²) in [5.74, 6) is 0.657. The van der Waals surface area contributed by atoms with Crippen LogP contribution in [0.25, 0.3) is 147 Å². The second kappa shape index (κ2) is 14.2. The van der Waals surface area contributed by atoms with E-state index >= 15 is 0 Å². The SMILES string of the molecule is CCc1c(-c2c(-n3c4cc5ccccc5cc4c4c5ccccc5ccc43)ccc3c2oc2ccccc23)nc(-c2cccc3sc4ccccc4c23)nc1-c1cccc2oc3ccccc3c12. The van der Waals surface area contributed by atoms with E-state index in [9.17, 15) is 0 Å². The number of furan rings is 2. The van der Waals surface area contributed by atoms with Gasteiger partial charge in [0.05, 0.1) is 33.7 Å². The monoisotopic (exact) mass is 887 g/mol. The number of fused-ring (bicyclic) bond motifs is 15. The summed E-state index contributed by atoms with van der Waals surface area (Å²) in [5.41, 5.74) is 12.2. The minimum absolute atomic E-state index is 0.654. The highest BCUT2D eigenvalue weighted by atomic mass is 32.1. The van der Waals surface area contributed by atoms with Crippen LogP contribution in [0, 0.1) is 0 Å². The molecule has 5 nitrogen and oxygen atoms in total. The lowest BCUT2D eigenvalue weighted by Gasteiger charge is -2.20. The summed E-state index contributed by atoms with van der Waals surface area (Å²) in [5, 5.41) is 13.8. The van der Waals surface area contributed by atoms with Crippen molar-refractivity contribution in [2.75, 3.05) is 0 Å². The van der Waals surface area contributed by atoms with Crippen molar-refractivity contribution in [2.45, 2.75) is 13.3 Å². The van der Waals surface area contributed by atoms with Gasteiger partial charge < -0.3 is 13.4 Å². The molecule has 0 aliphatic carbocycles. The van der Waals surface area contributed by atoms with Crippen LogP contribution in [0.4, 0.5) is 0 Å². The first-order valence-corrected chi connectivity index (χ1v) is 24.0. The Morgan fingerprint density at radius 1 is 0.441 bits per heavy atom. The Balaban J connectivity index is 1.15. The number of hydrogen-bond acceptors (Lipinski definition) is 5. The Hall–Kier alpha value is -8.58. The third kappa shape index (κ3) is 5.26. The molecule has 0 atom stereocenters. The lowest BCUT2D eigenvalue weighted by molar-refractivity contribution is 0.668. The number of benzene rings is 10. The zero-order valence-electron chi connectivity index (χ0n) is 36.7. The lowest BCUT2D eigenvalue weighted by Crippen LogP contribution is -2.06. The predicted molar refractivity (Wildman–Crippen MR) is 285 cm³/mol. The van der Waals surface area contributed by atoms with Gasteiger partial charge >= 0.3 is 0 Å². The Labute approximate surface area is 392 Å². The third-order valence-corrected chi connectivity index (χ3v) is 15.3. The Bertz CT molecular complexity index is 4620. The number of hydrogen-bond donors (Lipinski definition) is 0. The predicted octanol–water partition coefficient (Wildman–Crippen LogP) is 17.6. The van der Waals surface area contributed by atoms with E-state index in [1.54, 1.807) is 11.3 Å². The normalized spacial score (nSPS) is 12.2. The standard InChI is InChI=1S/C62H37N3O2S/c1-2-38-59(44-22-13-26-52-56(44)42-20-8-11-25-51(42)66-52)63-62(45-23-14-28-54-57(45)43-21-9-12-27-53(43)68-54)64-60(38)58-48(32-30-41-40-19-7-10-24-50(40)67-61(41)58)65-47-31-29-35-15-5-6-18-39(35)55(47)46-33-36-16-3-4-17-37(36)34-49(46)65/h3-34H,2H2,1H3. The van der Waals surface area contributed by atoms with Gasteiger partial charge in [-0.1, -0.05) is 140 Å². The summed E-state index contributed by atoms with van der Waals surface area (Å²) in [6, 6.07) is 69.5. The molecule has 15 aromatic rings. The molecule has 68 heavy (non-hydrogen) atoms. The van der Waals surface area contributed by atoms with Crippen LogP contribution in [0.3, 0.4) is 0 Å². The molecule has 6 heteroatoms. The molecule has 0 unspecified atom stereocenters. The summed E-state index contributed by atoms with van der Waals surface area (Å²) in [6.45, 7) is 2.23. The second-order valence-corrected chi connectivity index (χ2v) is 18.9. The van der Waals surface area contributed by atoms with Crippen molar-refractivity contribution in [3.63, 3.8) is 0 Å². The van der Waals surface area contributed by atoms with Crippen LogP contribution in [-0.4, -0.2) is 14.5 Å². The zero-order chi connectivity index (χ0) is 44.6. The Kier molecular flexibility index (Phi) is 7.86. The van der Waals surface area contributed by atoms with E-state index in [1.807, 2.05) is 12.1 Å². The summed E-state index contributed by atoms with van der Waals surface area (Å²) in [7, 11) is 0. The van der Waals surface area contributed by atoms with Gasteiger partial charge in [0, 0.05) is 69.2 Å². The molecule has 0 saturated heterocycles. The van der Waals surface area contributed by atoms with Crippen LogP contribution >= 0.6 is 11.3 Å². The third-order valence-electron chi connectivity index (χ3n) is 14.2. The van der Waals surface area contributed by atoms with Gasteiger partial charge in [0.1, 0.15) is 22.3 Å². The molecule has 0 saturated carbocycles. The van der Waals surface area contributed by atoms with Crippen molar-refractivity contribution in [2.24, 2.45) is 0 Å². The highest BCUT2D eigenvalue weighted by molar-refractivity contribution is 7.25. The van der Waals surface area contributed by atoms with Crippen molar-refractivity contribution < 1.29 is 8.83 Å². The van der Waals surface area contributed by atoms with E-state index in [4.69, 9.17) is 18.8 Å². The molecular weight excluding hydrogens is 851 g/mol. The minimum atomic E-state index is 0.654. The van der Waals surface area contributed by atoms with E-state index in [2.05, 4.69) is 193 Å². The van der Waals surface area contributed by atoms with Crippen LogP contribution in [0.5, 0.6) is 0 Å².